The lowest BCUT2D eigenvalue weighted by molar-refractivity contribution is -0.116. The molecule has 0 saturated carbocycles. The van der Waals surface area contributed by atoms with Gasteiger partial charge in [-0.2, -0.15) is 0 Å². The zero-order valence-corrected chi connectivity index (χ0v) is 12.8. The van der Waals surface area contributed by atoms with Crippen LogP contribution < -0.4 is 4.90 Å². The molecule has 106 valence electrons. The topological polar surface area (TPSA) is 33.2 Å². The van der Waals surface area contributed by atoms with Crippen LogP contribution >= 0.6 is 23.2 Å². The average molecular weight is 319 g/mol. The van der Waals surface area contributed by atoms with E-state index in [0.29, 0.717) is 16.7 Å². The molecular weight excluding hydrogens is 307 g/mol. The van der Waals surface area contributed by atoms with Gasteiger partial charge in [0, 0.05) is 18.1 Å². The first-order chi connectivity index (χ1) is 10.0. The number of hydrogen-bond donors (Lipinski definition) is 0. The predicted molar refractivity (Wildman–Crippen MR) is 86.5 cm³/mol. The molecule has 1 aromatic heterocycles. The van der Waals surface area contributed by atoms with Crippen LogP contribution in [0.15, 0.2) is 30.5 Å². The number of carbonyl (C=O) groups excluding carboxylic acids is 1. The Morgan fingerprint density at radius 1 is 1.19 bits per heavy atom. The molecule has 1 amide bonds. The van der Waals surface area contributed by atoms with Crippen LogP contribution in [0.1, 0.15) is 23.6 Å². The number of rotatable bonds is 0. The molecule has 2 heterocycles. The molecule has 1 aliphatic rings. The molecule has 1 aromatic carbocycles. The molecule has 0 bridgehead atoms. The van der Waals surface area contributed by atoms with Crippen molar-refractivity contribution in [3.8, 4) is 0 Å². The Morgan fingerprint density at radius 2 is 1.95 bits per heavy atom. The molecule has 21 heavy (non-hydrogen) atoms. The highest BCUT2D eigenvalue weighted by Gasteiger charge is 2.19. The van der Waals surface area contributed by atoms with Crippen molar-refractivity contribution >= 4 is 46.9 Å². The molecule has 0 fully saturated rings. The first-order valence-corrected chi connectivity index (χ1v) is 7.20. The van der Waals surface area contributed by atoms with E-state index in [1.54, 1.807) is 30.2 Å². The van der Waals surface area contributed by atoms with E-state index in [1.807, 2.05) is 24.3 Å². The Morgan fingerprint density at radius 3 is 2.71 bits per heavy atom. The third-order valence-corrected chi connectivity index (χ3v) is 3.87. The van der Waals surface area contributed by atoms with Gasteiger partial charge in [-0.25, -0.2) is 4.98 Å². The first kappa shape index (κ1) is 14.1. The summed E-state index contributed by atoms with van der Waals surface area (Å²) in [5.41, 5.74) is 3.64. The molecule has 0 atom stereocenters. The van der Waals surface area contributed by atoms with Crippen LogP contribution in [0.25, 0.3) is 12.2 Å². The van der Waals surface area contributed by atoms with Crippen LogP contribution in [0.4, 0.5) is 5.69 Å². The predicted octanol–water partition coefficient (Wildman–Crippen LogP) is 4.43. The number of fused-ring (bicyclic) bond motifs is 2. The summed E-state index contributed by atoms with van der Waals surface area (Å²) < 4.78 is 0. The molecule has 0 aliphatic carbocycles. The van der Waals surface area contributed by atoms with Crippen LogP contribution in [0.2, 0.25) is 10.2 Å². The molecule has 1 aliphatic heterocycles. The van der Waals surface area contributed by atoms with Crippen molar-refractivity contribution in [3.63, 3.8) is 0 Å². The Labute approximate surface area is 132 Å². The number of aromatic nitrogens is 1. The quantitative estimate of drug-likeness (QED) is 0.673. The third-order valence-electron chi connectivity index (χ3n) is 3.42. The molecule has 0 N–H and O–H groups in total. The molecule has 0 saturated heterocycles. The van der Waals surface area contributed by atoms with Crippen molar-refractivity contribution in [2.75, 3.05) is 4.90 Å². The average Bonchev–Trinajstić information content (AvgIpc) is 2.42. The fraction of sp³-hybridized carbons (Fsp3) is 0.125. The van der Waals surface area contributed by atoms with Gasteiger partial charge in [0.2, 0.25) is 5.91 Å². The van der Waals surface area contributed by atoms with Crippen molar-refractivity contribution < 1.29 is 4.79 Å². The number of halogens is 2. The number of benzene rings is 1. The molecule has 5 heteroatoms. The molecule has 3 rings (SSSR count). The summed E-state index contributed by atoms with van der Waals surface area (Å²) in [4.78, 5) is 17.8. The highest BCUT2D eigenvalue weighted by molar-refractivity contribution is 6.31. The van der Waals surface area contributed by atoms with Gasteiger partial charge in [0.1, 0.15) is 5.15 Å². The van der Waals surface area contributed by atoms with Gasteiger partial charge < -0.3 is 4.90 Å². The third kappa shape index (κ3) is 2.80. The Hall–Kier alpha value is -1.84. The van der Waals surface area contributed by atoms with Crippen molar-refractivity contribution in [2.24, 2.45) is 0 Å². The molecule has 2 aromatic rings. The molecule has 3 nitrogen and oxygen atoms in total. The van der Waals surface area contributed by atoms with Crippen molar-refractivity contribution in [1.82, 2.24) is 4.98 Å². The van der Waals surface area contributed by atoms with E-state index in [4.69, 9.17) is 23.2 Å². The number of carbonyl (C=O) groups is 1. The summed E-state index contributed by atoms with van der Waals surface area (Å²) in [5, 5.41) is 1.04. The van der Waals surface area contributed by atoms with E-state index in [-0.39, 0.29) is 5.91 Å². The van der Waals surface area contributed by atoms with Gasteiger partial charge in [0.25, 0.3) is 0 Å². The fourth-order valence-electron chi connectivity index (χ4n) is 2.37. The second-order valence-corrected chi connectivity index (χ2v) is 5.67. The van der Waals surface area contributed by atoms with E-state index in [1.165, 1.54) is 0 Å². The van der Waals surface area contributed by atoms with Gasteiger partial charge in [-0.05, 0) is 34.9 Å². The van der Waals surface area contributed by atoms with Gasteiger partial charge >= 0.3 is 0 Å². The summed E-state index contributed by atoms with van der Waals surface area (Å²) in [5.74, 6) is -0.0466. The number of pyridine rings is 1. The minimum absolute atomic E-state index is 0.0466. The van der Waals surface area contributed by atoms with Gasteiger partial charge in [-0.3, -0.25) is 4.79 Å². The highest BCUT2D eigenvalue weighted by atomic mass is 35.5. The summed E-state index contributed by atoms with van der Waals surface area (Å²) in [6.45, 7) is 1.98. The number of nitrogens with zero attached hydrogens (tertiary/aromatic N) is 2. The molecule has 0 unspecified atom stereocenters. The zero-order valence-electron chi connectivity index (χ0n) is 11.3. The van der Waals surface area contributed by atoms with Gasteiger partial charge in [-0.15, -0.1) is 0 Å². The van der Waals surface area contributed by atoms with Crippen molar-refractivity contribution in [2.45, 2.75) is 13.5 Å². The normalized spacial score (nSPS) is 14.7. The lowest BCUT2D eigenvalue weighted by atomic mass is 10.0. The number of amides is 1. The summed E-state index contributed by atoms with van der Waals surface area (Å²) in [7, 11) is 0. The minimum Gasteiger partial charge on any atom is -0.308 e. The standard InChI is InChI=1S/C16H12Cl2N2O/c1-10(21)20-9-13-8-19-16(18)6-12(13)3-2-11-4-5-14(17)7-15(11)20/h2-8H,9H2,1H3/b3-2-. The number of anilines is 1. The Kier molecular flexibility index (Phi) is 3.70. The monoisotopic (exact) mass is 318 g/mol. The second-order valence-electron chi connectivity index (χ2n) is 4.85. The highest BCUT2D eigenvalue weighted by Crippen LogP contribution is 2.31. The van der Waals surface area contributed by atoms with E-state index >= 15 is 0 Å². The fourth-order valence-corrected chi connectivity index (χ4v) is 2.70. The lowest BCUT2D eigenvalue weighted by Gasteiger charge is -2.25. The van der Waals surface area contributed by atoms with E-state index < -0.39 is 0 Å². The summed E-state index contributed by atoms with van der Waals surface area (Å²) >= 11 is 12.0. The van der Waals surface area contributed by atoms with Crippen LogP contribution in [-0.4, -0.2) is 10.9 Å². The maximum atomic E-state index is 12.0. The van der Waals surface area contributed by atoms with Crippen LogP contribution in [0.5, 0.6) is 0 Å². The molecular formula is C16H12Cl2N2O. The van der Waals surface area contributed by atoms with E-state index in [0.717, 1.165) is 22.4 Å². The Bertz CT molecular complexity index is 756. The van der Waals surface area contributed by atoms with Crippen LogP contribution in [0, 0.1) is 0 Å². The molecule has 0 spiro atoms. The maximum Gasteiger partial charge on any atom is 0.224 e. The summed E-state index contributed by atoms with van der Waals surface area (Å²) in [6.07, 6.45) is 5.64. The van der Waals surface area contributed by atoms with Gasteiger partial charge in [0.05, 0.1) is 12.2 Å². The second kappa shape index (κ2) is 5.51. The van der Waals surface area contributed by atoms with Crippen molar-refractivity contribution in [1.29, 1.82) is 0 Å². The van der Waals surface area contributed by atoms with Gasteiger partial charge in [0.15, 0.2) is 0 Å². The lowest BCUT2D eigenvalue weighted by Crippen LogP contribution is -2.29. The minimum atomic E-state index is -0.0466. The largest absolute Gasteiger partial charge is 0.308 e. The van der Waals surface area contributed by atoms with Crippen molar-refractivity contribution in [3.05, 3.63) is 57.3 Å². The van der Waals surface area contributed by atoms with Gasteiger partial charge in [-0.1, -0.05) is 41.4 Å². The van der Waals surface area contributed by atoms with E-state index in [2.05, 4.69) is 4.98 Å². The smallest absolute Gasteiger partial charge is 0.224 e. The van der Waals surface area contributed by atoms with E-state index in [9.17, 15) is 4.79 Å². The van der Waals surface area contributed by atoms with Crippen LogP contribution in [-0.2, 0) is 11.3 Å². The first-order valence-electron chi connectivity index (χ1n) is 6.45. The zero-order chi connectivity index (χ0) is 15.0. The Balaban J connectivity index is 2.21. The summed E-state index contributed by atoms with van der Waals surface area (Å²) in [6, 6.07) is 7.31. The van der Waals surface area contributed by atoms with Crippen LogP contribution in [0.3, 0.4) is 0 Å². The molecule has 0 radical (unpaired) electrons. The number of hydrogen-bond acceptors (Lipinski definition) is 2. The maximum absolute atomic E-state index is 12.0. The SMILES string of the molecule is CC(=O)N1Cc2cnc(Cl)cc2/C=C\c2ccc(Cl)cc21.